The van der Waals surface area contributed by atoms with Crippen molar-refractivity contribution in [3.05, 3.63) is 0 Å². The Labute approximate surface area is 124 Å². The van der Waals surface area contributed by atoms with E-state index in [4.69, 9.17) is 10.6 Å². The first-order valence-electron chi connectivity index (χ1n) is 6.88. The van der Waals surface area contributed by atoms with Gasteiger partial charge in [-0.05, 0) is 27.2 Å². The van der Waals surface area contributed by atoms with Crippen molar-refractivity contribution in [2.75, 3.05) is 17.3 Å². The number of amides is 1. The third-order valence-corrected chi connectivity index (χ3v) is 2.35. The van der Waals surface area contributed by atoms with E-state index in [-0.39, 0.29) is 29.9 Å². The molecule has 118 valence electrons. The summed E-state index contributed by atoms with van der Waals surface area (Å²) in [4.78, 5) is 23.9. The van der Waals surface area contributed by atoms with E-state index in [1.807, 2.05) is 20.8 Å². The number of carbonyl (C=O) groups excluding carboxylic acids is 1. The molecule has 0 saturated heterocycles. The van der Waals surface area contributed by atoms with Gasteiger partial charge in [-0.15, -0.1) is 0 Å². The minimum Gasteiger partial charge on any atom is -0.463 e. The van der Waals surface area contributed by atoms with Gasteiger partial charge in [-0.1, -0.05) is 6.92 Å². The molecule has 0 aliphatic heterocycles. The molecular weight excluding hydrogens is 274 g/mol. The Morgan fingerprint density at radius 1 is 1.24 bits per heavy atom. The Balaban J connectivity index is 2.78. The number of carbonyl (C=O) groups is 1. The Bertz CT molecular complexity index is 467. The molecule has 21 heavy (non-hydrogen) atoms. The number of hydrazine groups is 1. The SMILES string of the molecule is CCCOc1nc(NN)nc(NC(C)C(=O)NC(C)C)n1. The van der Waals surface area contributed by atoms with Crippen LogP contribution < -0.4 is 26.6 Å². The van der Waals surface area contributed by atoms with Crippen molar-refractivity contribution in [3.63, 3.8) is 0 Å². The minimum absolute atomic E-state index is 0.0600. The third kappa shape index (κ3) is 5.78. The topological polar surface area (TPSA) is 127 Å². The second-order valence-electron chi connectivity index (χ2n) is 4.79. The predicted octanol–water partition coefficient (Wildman–Crippen LogP) is 0.271. The fourth-order valence-corrected chi connectivity index (χ4v) is 1.41. The Morgan fingerprint density at radius 2 is 1.90 bits per heavy atom. The normalized spacial score (nSPS) is 11.9. The lowest BCUT2D eigenvalue weighted by molar-refractivity contribution is -0.122. The molecule has 0 spiro atoms. The number of hydrogen-bond acceptors (Lipinski definition) is 8. The second-order valence-corrected chi connectivity index (χ2v) is 4.79. The van der Waals surface area contributed by atoms with Crippen LogP contribution in [0.25, 0.3) is 0 Å². The van der Waals surface area contributed by atoms with Crippen molar-refractivity contribution in [3.8, 4) is 6.01 Å². The highest BCUT2D eigenvalue weighted by Gasteiger charge is 2.16. The van der Waals surface area contributed by atoms with Gasteiger partial charge in [0.15, 0.2) is 0 Å². The molecule has 1 unspecified atom stereocenters. The van der Waals surface area contributed by atoms with Gasteiger partial charge in [0.25, 0.3) is 0 Å². The van der Waals surface area contributed by atoms with Gasteiger partial charge in [-0.3, -0.25) is 10.2 Å². The molecule has 1 rings (SSSR count). The minimum atomic E-state index is -0.501. The van der Waals surface area contributed by atoms with Gasteiger partial charge < -0.3 is 15.4 Å². The molecular formula is C12H23N7O2. The summed E-state index contributed by atoms with van der Waals surface area (Å²) in [5.41, 5.74) is 2.34. The third-order valence-electron chi connectivity index (χ3n) is 2.35. The maximum Gasteiger partial charge on any atom is 0.323 e. The molecule has 1 aromatic rings. The average Bonchev–Trinajstić information content (AvgIpc) is 2.44. The van der Waals surface area contributed by atoms with Crippen LogP contribution in [0.4, 0.5) is 11.9 Å². The lowest BCUT2D eigenvalue weighted by Gasteiger charge is -2.16. The quantitative estimate of drug-likeness (QED) is 0.398. The van der Waals surface area contributed by atoms with Crippen molar-refractivity contribution >= 4 is 17.8 Å². The summed E-state index contributed by atoms with van der Waals surface area (Å²) in [5.74, 6) is 5.54. The number of nitrogens with one attached hydrogen (secondary N) is 3. The van der Waals surface area contributed by atoms with Crippen LogP contribution in [0.2, 0.25) is 0 Å². The highest BCUT2D eigenvalue weighted by atomic mass is 16.5. The van der Waals surface area contributed by atoms with E-state index in [0.29, 0.717) is 6.61 Å². The monoisotopic (exact) mass is 297 g/mol. The van der Waals surface area contributed by atoms with E-state index in [0.717, 1.165) is 6.42 Å². The Kier molecular flexibility index (Phi) is 6.60. The number of nitrogens with two attached hydrogens (primary N) is 1. The van der Waals surface area contributed by atoms with Crippen LogP contribution in [0.1, 0.15) is 34.1 Å². The summed E-state index contributed by atoms with van der Waals surface area (Å²) in [6.07, 6.45) is 0.826. The fourth-order valence-electron chi connectivity index (χ4n) is 1.41. The first-order chi connectivity index (χ1) is 9.96. The van der Waals surface area contributed by atoms with Gasteiger partial charge >= 0.3 is 6.01 Å². The molecule has 0 aliphatic rings. The highest BCUT2D eigenvalue weighted by molar-refractivity contribution is 5.83. The zero-order valence-electron chi connectivity index (χ0n) is 12.8. The van der Waals surface area contributed by atoms with Gasteiger partial charge in [0, 0.05) is 6.04 Å². The van der Waals surface area contributed by atoms with Gasteiger partial charge in [0.2, 0.25) is 17.8 Å². The number of ether oxygens (including phenoxy) is 1. The summed E-state index contributed by atoms with van der Waals surface area (Å²) >= 11 is 0. The van der Waals surface area contributed by atoms with E-state index < -0.39 is 6.04 Å². The molecule has 9 nitrogen and oxygen atoms in total. The van der Waals surface area contributed by atoms with E-state index in [2.05, 4.69) is 31.0 Å². The fraction of sp³-hybridized carbons (Fsp3) is 0.667. The van der Waals surface area contributed by atoms with Crippen LogP contribution in [0, 0.1) is 0 Å². The summed E-state index contributed by atoms with van der Waals surface area (Å²) in [5, 5.41) is 5.68. The van der Waals surface area contributed by atoms with Gasteiger partial charge in [-0.25, -0.2) is 5.84 Å². The molecule has 0 aliphatic carbocycles. The molecule has 0 radical (unpaired) electrons. The molecule has 0 aromatic carbocycles. The number of rotatable bonds is 8. The van der Waals surface area contributed by atoms with Crippen LogP contribution in [-0.2, 0) is 4.79 Å². The second kappa shape index (κ2) is 8.20. The smallest absolute Gasteiger partial charge is 0.323 e. The number of nitrogens with zero attached hydrogens (tertiary/aromatic N) is 3. The van der Waals surface area contributed by atoms with Gasteiger partial charge in [0.1, 0.15) is 6.04 Å². The maximum absolute atomic E-state index is 11.9. The van der Waals surface area contributed by atoms with E-state index in [9.17, 15) is 4.79 Å². The lowest BCUT2D eigenvalue weighted by atomic mass is 10.3. The first-order valence-corrected chi connectivity index (χ1v) is 6.88. The molecule has 0 fully saturated rings. The summed E-state index contributed by atoms with van der Waals surface area (Å²) < 4.78 is 5.35. The van der Waals surface area contributed by atoms with Crippen LogP contribution in [0.3, 0.4) is 0 Å². The molecule has 1 aromatic heterocycles. The van der Waals surface area contributed by atoms with Crippen molar-refractivity contribution in [2.45, 2.75) is 46.2 Å². The van der Waals surface area contributed by atoms with E-state index >= 15 is 0 Å². The number of nitrogen functional groups attached to an aromatic ring is 1. The molecule has 0 bridgehead atoms. The Morgan fingerprint density at radius 3 is 2.48 bits per heavy atom. The van der Waals surface area contributed by atoms with E-state index in [1.165, 1.54) is 0 Å². The van der Waals surface area contributed by atoms with Gasteiger partial charge in [0.05, 0.1) is 6.61 Å². The predicted molar refractivity (Wildman–Crippen MR) is 79.8 cm³/mol. The van der Waals surface area contributed by atoms with Crippen LogP contribution in [-0.4, -0.2) is 39.5 Å². The standard InChI is InChI=1S/C12H23N7O2/c1-5-6-21-12-17-10(16-11(18-12)19-13)15-8(4)9(20)14-7(2)3/h7-8H,5-6,13H2,1-4H3,(H,14,20)(H2,15,16,17,18,19). The molecule has 1 atom stereocenters. The molecule has 1 amide bonds. The van der Waals surface area contributed by atoms with Crippen LogP contribution in [0.15, 0.2) is 0 Å². The summed E-state index contributed by atoms with van der Waals surface area (Å²) in [7, 11) is 0. The van der Waals surface area contributed by atoms with Crippen molar-refractivity contribution < 1.29 is 9.53 Å². The maximum atomic E-state index is 11.9. The molecule has 9 heteroatoms. The largest absolute Gasteiger partial charge is 0.463 e. The number of anilines is 2. The van der Waals surface area contributed by atoms with Crippen molar-refractivity contribution in [2.24, 2.45) is 5.84 Å². The number of hydrogen-bond donors (Lipinski definition) is 4. The highest BCUT2D eigenvalue weighted by Crippen LogP contribution is 2.11. The number of aromatic nitrogens is 3. The van der Waals surface area contributed by atoms with Crippen molar-refractivity contribution in [1.29, 1.82) is 0 Å². The van der Waals surface area contributed by atoms with Gasteiger partial charge in [-0.2, -0.15) is 15.0 Å². The zero-order valence-corrected chi connectivity index (χ0v) is 12.8. The summed E-state index contributed by atoms with van der Waals surface area (Å²) in [6, 6.07) is -0.289. The van der Waals surface area contributed by atoms with E-state index in [1.54, 1.807) is 6.92 Å². The molecule has 1 heterocycles. The van der Waals surface area contributed by atoms with Crippen molar-refractivity contribution in [1.82, 2.24) is 20.3 Å². The first kappa shape index (κ1) is 16.9. The lowest BCUT2D eigenvalue weighted by Crippen LogP contribution is -2.41. The molecule has 5 N–H and O–H groups in total. The zero-order chi connectivity index (χ0) is 15.8. The average molecular weight is 297 g/mol. The Hall–Kier alpha value is -2.16. The van der Waals surface area contributed by atoms with Crippen LogP contribution in [0.5, 0.6) is 6.01 Å². The summed E-state index contributed by atoms with van der Waals surface area (Å²) in [6.45, 7) is 7.95. The van der Waals surface area contributed by atoms with Crippen LogP contribution >= 0.6 is 0 Å². The molecule has 0 saturated carbocycles.